The number of amides is 1. The number of benzene rings is 1. The van der Waals surface area contributed by atoms with Crippen molar-refractivity contribution in [3.8, 4) is 0 Å². The molecule has 0 N–H and O–H groups in total. The minimum absolute atomic E-state index is 0.0309. The lowest BCUT2D eigenvalue weighted by molar-refractivity contribution is 0.101. The van der Waals surface area contributed by atoms with Crippen molar-refractivity contribution in [2.24, 2.45) is 0 Å². The highest BCUT2D eigenvalue weighted by molar-refractivity contribution is 5.94. The maximum Gasteiger partial charge on any atom is 0.418 e. The number of fused-ring (bicyclic) bond motifs is 2. The summed E-state index contributed by atoms with van der Waals surface area (Å²) < 4.78 is 5.61. The summed E-state index contributed by atoms with van der Waals surface area (Å²) in [6.07, 6.45) is 14.2. The summed E-state index contributed by atoms with van der Waals surface area (Å²) in [5.74, 6) is 0. The van der Waals surface area contributed by atoms with E-state index in [-0.39, 0.29) is 12.2 Å². The molecule has 1 aromatic rings. The Bertz CT molecular complexity index is 666. The second-order valence-electron chi connectivity index (χ2n) is 5.61. The SMILES string of the molecule is CCC(CC)OC(=O)N1C=CC=Cc2cc3c(cc21)CC=C3. The lowest BCUT2D eigenvalue weighted by atomic mass is 10.0. The van der Waals surface area contributed by atoms with E-state index in [9.17, 15) is 4.79 Å². The predicted octanol–water partition coefficient (Wildman–Crippen LogP) is 4.93. The van der Waals surface area contributed by atoms with Gasteiger partial charge in [-0.25, -0.2) is 4.79 Å². The monoisotopic (exact) mass is 295 g/mol. The van der Waals surface area contributed by atoms with Gasteiger partial charge in [0.15, 0.2) is 0 Å². The summed E-state index contributed by atoms with van der Waals surface area (Å²) in [6, 6.07) is 4.23. The predicted molar refractivity (Wildman–Crippen MR) is 90.7 cm³/mol. The second kappa shape index (κ2) is 6.22. The Morgan fingerprint density at radius 1 is 1.18 bits per heavy atom. The number of nitrogens with zero attached hydrogens (tertiary/aromatic N) is 1. The van der Waals surface area contributed by atoms with Crippen LogP contribution in [-0.4, -0.2) is 12.2 Å². The molecule has 0 bridgehead atoms. The van der Waals surface area contributed by atoms with E-state index < -0.39 is 0 Å². The van der Waals surface area contributed by atoms with E-state index >= 15 is 0 Å². The largest absolute Gasteiger partial charge is 0.446 e. The first-order valence-electron chi connectivity index (χ1n) is 7.91. The van der Waals surface area contributed by atoms with Crippen molar-refractivity contribution >= 4 is 23.9 Å². The zero-order valence-corrected chi connectivity index (χ0v) is 13.1. The van der Waals surface area contributed by atoms with Crippen LogP contribution in [0.5, 0.6) is 0 Å². The number of rotatable bonds is 3. The summed E-state index contributed by atoms with van der Waals surface area (Å²) in [5, 5.41) is 0. The molecular formula is C19H21NO2. The third kappa shape index (κ3) is 2.71. The average Bonchev–Trinajstić information content (AvgIpc) is 2.88. The lowest BCUT2D eigenvalue weighted by Crippen LogP contribution is -2.30. The summed E-state index contributed by atoms with van der Waals surface area (Å²) >= 11 is 0. The third-order valence-electron chi connectivity index (χ3n) is 4.18. The van der Waals surface area contributed by atoms with Gasteiger partial charge >= 0.3 is 6.09 Å². The maximum atomic E-state index is 12.6. The molecule has 1 amide bonds. The molecule has 2 aliphatic rings. The molecule has 1 aromatic carbocycles. The van der Waals surface area contributed by atoms with Gasteiger partial charge in [0.1, 0.15) is 6.10 Å². The van der Waals surface area contributed by atoms with E-state index in [4.69, 9.17) is 4.74 Å². The van der Waals surface area contributed by atoms with E-state index in [2.05, 4.69) is 24.3 Å². The molecule has 0 atom stereocenters. The van der Waals surface area contributed by atoms with Crippen molar-refractivity contribution < 1.29 is 9.53 Å². The van der Waals surface area contributed by atoms with Crippen molar-refractivity contribution in [3.63, 3.8) is 0 Å². The highest BCUT2D eigenvalue weighted by Gasteiger charge is 2.22. The van der Waals surface area contributed by atoms with Crippen LogP contribution in [0.25, 0.3) is 12.2 Å². The van der Waals surface area contributed by atoms with Crippen LogP contribution in [0, 0.1) is 0 Å². The summed E-state index contributed by atoms with van der Waals surface area (Å²) in [6.45, 7) is 4.07. The molecule has 0 aromatic heterocycles. The standard InChI is InChI=1S/C19H21NO2/c1-3-17(4-2)22-19(21)20-11-6-5-8-16-12-14-9-7-10-15(14)13-18(16)20/h5-9,11-13,17H,3-4,10H2,1-2H3. The minimum Gasteiger partial charge on any atom is -0.446 e. The molecule has 0 unspecified atom stereocenters. The summed E-state index contributed by atoms with van der Waals surface area (Å²) in [7, 11) is 0. The first-order chi connectivity index (χ1) is 10.7. The fraction of sp³-hybridized carbons (Fsp3) is 0.316. The minimum atomic E-state index is -0.305. The molecule has 22 heavy (non-hydrogen) atoms. The number of ether oxygens (including phenoxy) is 1. The fourth-order valence-electron chi connectivity index (χ4n) is 2.84. The maximum absolute atomic E-state index is 12.6. The molecular weight excluding hydrogens is 274 g/mol. The highest BCUT2D eigenvalue weighted by atomic mass is 16.6. The van der Waals surface area contributed by atoms with Gasteiger partial charge in [-0.05, 0) is 54.2 Å². The van der Waals surface area contributed by atoms with Crippen molar-refractivity contribution in [1.29, 1.82) is 0 Å². The molecule has 0 radical (unpaired) electrons. The molecule has 3 nitrogen and oxygen atoms in total. The average molecular weight is 295 g/mol. The molecule has 0 spiro atoms. The number of hydrogen-bond donors (Lipinski definition) is 0. The van der Waals surface area contributed by atoms with Crippen LogP contribution in [0.1, 0.15) is 43.4 Å². The van der Waals surface area contributed by atoms with Gasteiger partial charge in [0.05, 0.1) is 5.69 Å². The van der Waals surface area contributed by atoms with Gasteiger partial charge in [0.25, 0.3) is 0 Å². The van der Waals surface area contributed by atoms with Gasteiger partial charge in [0, 0.05) is 6.20 Å². The first-order valence-corrected chi connectivity index (χ1v) is 7.91. The van der Waals surface area contributed by atoms with Crippen molar-refractivity contribution in [2.45, 2.75) is 39.2 Å². The summed E-state index contributed by atoms with van der Waals surface area (Å²) in [4.78, 5) is 14.2. The van der Waals surface area contributed by atoms with Gasteiger partial charge in [-0.2, -0.15) is 0 Å². The molecule has 3 heteroatoms. The number of carbonyl (C=O) groups excluding carboxylic acids is 1. The summed E-state index contributed by atoms with van der Waals surface area (Å²) in [5.41, 5.74) is 4.42. The molecule has 0 fully saturated rings. The Labute approximate surface area is 131 Å². The van der Waals surface area contributed by atoms with Gasteiger partial charge in [-0.3, -0.25) is 4.90 Å². The fourth-order valence-corrected chi connectivity index (χ4v) is 2.84. The van der Waals surface area contributed by atoms with Crippen LogP contribution < -0.4 is 4.90 Å². The molecule has 0 saturated carbocycles. The van der Waals surface area contributed by atoms with Gasteiger partial charge in [-0.15, -0.1) is 0 Å². The Morgan fingerprint density at radius 2 is 2.00 bits per heavy atom. The van der Waals surface area contributed by atoms with Crippen molar-refractivity contribution in [1.82, 2.24) is 0 Å². The molecule has 1 aliphatic heterocycles. The highest BCUT2D eigenvalue weighted by Crippen LogP contribution is 2.32. The number of allylic oxidation sites excluding steroid dienone is 3. The quantitative estimate of drug-likeness (QED) is 0.791. The van der Waals surface area contributed by atoms with Crippen LogP contribution >= 0.6 is 0 Å². The zero-order chi connectivity index (χ0) is 15.5. The number of anilines is 1. The second-order valence-corrected chi connectivity index (χ2v) is 5.61. The molecule has 114 valence electrons. The topological polar surface area (TPSA) is 29.5 Å². The van der Waals surface area contributed by atoms with E-state index in [1.807, 2.05) is 32.1 Å². The van der Waals surface area contributed by atoms with Crippen LogP contribution in [-0.2, 0) is 11.2 Å². The van der Waals surface area contributed by atoms with Gasteiger partial charge in [0.2, 0.25) is 0 Å². The van der Waals surface area contributed by atoms with Crippen LogP contribution in [0.4, 0.5) is 10.5 Å². The first kappa shape index (κ1) is 14.6. The van der Waals surface area contributed by atoms with Crippen LogP contribution in [0.15, 0.2) is 36.6 Å². The van der Waals surface area contributed by atoms with Crippen molar-refractivity contribution in [3.05, 3.63) is 53.3 Å². The van der Waals surface area contributed by atoms with E-state index in [0.29, 0.717) is 0 Å². The smallest absolute Gasteiger partial charge is 0.418 e. The molecule has 1 heterocycles. The molecule has 3 rings (SSSR count). The molecule has 0 saturated heterocycles. The third-order valence-corrected chi connectivity index (χ3v) is 4.18. The lowest BCUT2D eigenvalue weighted by Gasteiger charge is -2.23. The Hall–Kier alpha value is -2.29. The van der Waals surface area contributed by atoms with Gasteiger partial charge in [-0.1, -0.05) is 38.2 Å². The normalized spacial score (nSPS) is 15.0. The Kier molecular flexibility index (Phi) is 4.14. The van der Waals surface area contributed by atoms with Crippen molar-refractivity contribution in [2.75, 3.05) is 4.90 Å². The number of hydrogen-bond acceptors (Lipinski definition) is 2. The number of carbonyl (C=O) groups is 1. The van der Waals surface area contributed by atoms with Crippen LogP contribution in [0.2, 0.25) is 0 Å². The Morgan fingerprint density at radius 3 is 2.77 bits per heavy atom. The Balaban J connectivity index is 1.93. The van der Waals surface area contributed by atoms with E-state index in [1.165, 1.54) is 11.1 Å². The van der Waals surface area contributed by atoms with E-state index in [1.54, 1.807) is 11.1 Å². The van der Waals surface area contributed by atoms with Crippen LogP contribution in [0.3, 0.4) is 0 Å². The van der Waals surface area contributed by atoms with Gasteiger partial charge < -0.3 is 4.74 Å². The van der Waals surface area contributed by atoms with E-state index in [0.717, 1.165) is 30.5 Å². The zero-order valence-electron chi connectivity index (χ0n) is 13.1. The molecule has 1 aliphatic carbocycles.